The molecule has 1 N–H and O–H groups in total. The molecule has 0 saturated heterocycles. The Balaban J connectivity index is 2.02. The van der Waals surface area contributed by atoms with E-state index in [1.807, 2.05) is 12.3 Å². The molecule has 5 nitrogen and oxygen atoms in total. The molecule has 1 atom stereocenters. The van der Waals surface area contributed by atoms with Gasteiger partial charge in [-0.3, -0.25) is 4.98 Å². The van der Waals surface area contributed by atoms with Crippen LogP contribution in [0.2, 0.25) is 0 Å². The summed E-state index contributed by atoms with van der Waals surface area (Å²) in [6, 6.07) is 4.32. The van der Waals surface area contributed by atoms with Crippen LogP contribution in [0.15, 0.2) is 24.5 Å². The SMILES string of the molecule is CC(C)c1nsc(NCC(c2cccnc2)N(C)C)n1. The van der Waals surface area contributed by atoms with E-state index in [2.05, 4.69) is 58.6 Å². The van der Waals surface area contributed by atoms with Gasteiger partial charge in [-0.2, -0.15) is 4.37 Å². The Morgan fingerprint density at radius 3 is 2.70 bits per heavy atom. The number of pyridine rings is 1. The standard InChI is InChI=1S/C14H21N5S/c1-10(2)13-17-14(20-18-13)16-9-12(19(3)4)11-6-5-7-15-8-11/h5-8,10,12H,9H2,1-4H3,(H,16,17,18). The molecule has 0 fully saturated rings. The lowest BCUT2D eigenvalue weighted by Crippen LogP contribution is -2.26. The lowest BCUT2D eigenvalue weighted by molar-refractivity contribution is 0.311. The van der Waals surface area contributed by atoms with Crippen molar-refractivity contribution in [3.05, 3.63) is 35.9 Å². The number of hydrogen-bond donors (Lipinski definition) is 1. The van der Waals surface area contributed by atoms with Crippen LogP contribution in [0.25, 0.3) is 0 Å². The van der Waals surface area contributed by atoms with Crippen LogP contribution >= 0.6 is 11.5 Å². The molecule has 20 heavy (non-hydrogen) atoms. The maximum Gasteiger partial charge on any atom is 0.202 e. The number of aromatic nitrogens is 3. The molecule has 0 saturated carbocycles. The molecule has 0 spiro atoms. The number of nitrogens with zero attached hydrogens (tertiary/aromatic N) is 4. The smallest absolute Gasteiger partial charge is 0.202 e. The fourth-order valence-electron chi connectivity index (χ4n) is 1.90. The summed E-state index contributed by atoms with van der Waals surface area (Å²) in [5.41, 5.74) is 1.19. The van der Waals surface area contributed by atoms with Crippen molar-refractivity contribution in [2.45, 2.75) is 25.8 Å². The zero-order valence-electron chi connectivity index (χ0n) is 12.4. The second kappa shape index (κ2) is 6.76. The first-order valence-corrected chi connectivity index (χ1v) is 7.49. The minimum atomic E-state index is 0.259. The van der Waals surface area contributed by atoms with Crippen molar-refractivity contribution in [2.24, 2.45) is 0 Å². The molecule has 2 heterocycles. The summed E-state index contributed by atoms with van der Waals surface area (Å²) >= 11 is 1.42. The van der Waals surface area contributed by atoms with Gasteiger partial charge in [0.05, 0.1) is 6.04 Å². The summed E-state index contributed by atoms with van der Waals surface area (Å²) in [7, 11) is 4.14. The first-order chi connectivity index (χ1) is 9.58. The summed E-state index contributed by atoms with van der Waals surface area (Å²) in [5, 5.41) is 4.25. The topological polar surface area (TPSA) is 53.9 Å². The predicted molar refractivity (Wildman–Crippen MR) is 83.2 cm³/mol. The van der Waals surface area contributed by atoms with Crippen LogP contribution < -0.4 is 5.32 Å². The molecule has 108 valence electrons. The van der Waals surface area contributed by atoms with Crippen LogP contribution in [0.3, 0.4) is 0 Å². The van der Waals surface area contributed by atoms with Gasteiger partial charge in [-0.1, -0.05) is 19.9 Å². The Morgan fingerprint density at radius 1 is 1.35 bits per heavy atom. The van der Waals surface area contributed by atoms with E-state index in [9.17, 15) is 0 Å². The average Bonchev–Trinajstić information content (AvgIpc) is 2.89. The minimum Gasteiger partial charge on any atom is -0.358 e. The molecule has 2 rings (SSSR count). The van der Waals surface area contributed by atoms with Crippen molar-refractivity contribution in [2.75, 3.05) is 26.0 Å². The van der Waals surface area contributed by atoms with Gasteiger partial charge in [-0.15, -0.1) is 0 Å². The highest BCUT2D eigenvalue weighted by molar-refractivity contribution is 7.09. The highest BCUT2D eigenvalue weighted by Crippen LogP contribution is 2.21. The van der Waals surface area contributed by atoms with Gasteiger partial charge in [0.2, 0.25) is 5.13 Å². The van der Waals surface area contributed by atoms with E-state index in [-0.39, 0.29) is 6.04 Å². The molecule has 0 aliphatic rings. The van der Waals surface area contributed by atoms with Crippen molar-refractivity contribution < 1.29 is 0 Å². The van der Waals surface area contributed by atoms with Gasteiger partial charge in [0, 0.05) is 36.4 Å². The van der Waals surface area contributed by atoms with Crippen LogP contribution in [0.4, 0.5) is 5.13 Å². The lowest BCUT2D eigenvalue weighted by atomic mass is 10.1. The molecule has 0 radical (unpaired) electrons. The first kappa shape index (κ1) is 14.9. The van der Waals surface area contributed by atoms with Crippen LogP contribution in [-0.4, -0.2) is 39.9 Å². The molecule has 0 aliphatic heterocycles. The molecule has 0 aromatic carbocycles. The van der Waals surface area contributed by atoms with Crippen LogP contribution in [-0.2, 0) is 0 Å². The van der Waals surface area contributed by atoms with E-state index < -0.39 is 0 Å². The van der Waals surface area contributed by atoms with Crippen molar-refractivity contribution in [3.63, 3.8) is 0 Å². The molecule has 0 amide bonds. The van der Waals surface area contributed by atoms with E-state index >= 15 is 0 Å². The Hall–Kier alpha value is -1.53. The molecule has 2 aromatic heterocycles. The molecule has 0 bridgehead atoms. The first-order valence-electron chi connectivity index (χ1n) is 6.71. The molecule has 2 aromatic rings. The molecule has 0 aliphatic carbocycles. The fraction of sp³-hybridized carbons (Fsp3) is 0.500. The predicted octanol–water partition coefficient (Wildman–Crippen LogP) is 2.77. The van der Waals surface area contributed by atoms with Gasteiger partial charge in [-0.25, -0.2) is 4.98 Å². The lowest BCUT2D eigenvalue weighted by Gasteiger charge is -2.24. The zero-order chi connectivity index (χ0) is 14.5. The second-order valence-corrected chi connectivity index (χ2v) is 6.01. The molecule has 6 heteroatoms. The quantitative estimate of drug-likeness (QED) is 0.887. The molecular formula is C14H21N5S. The van der Waals surface area contributed by atoms with E-state index in [1.54, 1.807) is 6.20 Å². The third-order valence-corrected chi connectivity index (χ3v) is 3.78. The van der Waals surface area contributed by atoms with E-state index in [0.29, 0.717) is 5.92 Å². The van der Waals surface area contributed by atoms with Gasteiger partial charge in [0.25, 0.3) is 0 Å². The monoisotopic (exact) mass is 291 g/mol. The van der Waals surface area contributed by atoms with Gasteiger partial charge in [0.1, 0.15) is 5.82 Å². The number of rotatable bonds is 6. The largest absolute Gasteiger partial charge is 0.358 e. The maximum absolute atomic E-state index is 4.50. The highest BCUT2D eigenvalue weighted by Gasteiger charge is 2.15. The number of hydrogen-bond acceptors (Lipinski definition) is 6. The Bertz CT molecular complexity index is 523. The zero-order valence-corrected chi connectivity index (χ0v) is 13.2. The summed E-state index contributed by atoms with van der Waals surface area (Å²) in [5.74, 6) is 1.27. The van der Waals surface area contributed by atoms with E-state index in [4.69, 9.17) is 0 Å². The number of likely N-dealkylation sites (N-methyl/N-ethyl adjacent to an activating group) is 1. The van der Waals surface area contributed by atoms with Crippen molar-refractivity contribution in [1.29, 1.82) is 0 Å². The third kappa shape index (κ3) is 3.74. The minimum absolute atomic E-state index is 0.259. The molecule has 1 unspecified atom stereocenters. The van der Waals surface area contributed by atoms with Gasteiger partial charge in [0.15, 0.2) is 0 Å². The second-order valence-electron chi connectivity index (χ2n) is 5.26. The normalized spacial score (nSPS) is 12.9. The Labute approximate surface area is 124 Å². The Morgan fingerprint density at radius 2 is 2.15 bits per heavy atom. The summed E-state index contributed by atoms with van der Waals surface area (Å²) in [6.45, 7) is 4.99. The van der Waals surface area contributed by atoms with Crippen molar-refractivity contribution >= 4 is 16.7 Å². The summed E-state index contributed by atoms with van der Waals surface area (Å²) in [6.07, 6.45) is 3.70. The van der Waals surface area contributed by atoms with Crippen LogP contribution in [0.1, 0.15) is 37.2 Å². The van der Waals surface area contributed by atoms with Crippen molar-refractivity contribution in [3.8, 4) is 0 Å². The summed E-state index contributed by atoms with van der Waals surface area (Å²) < 4.78 is 4.35. The highest BCUT2D eigenvalue weighted by atomic mass is 32.1. The van der Waals surface area contributed by atoms with Gasteiger partial charge >= 0.3 is 0 Å². The van der Waals surface area contributed by atoms with Crippen LogP contribution in [0, 0.1) is 0 Å². The molecular weight excluding hydrogens is 270 g/mol. The maximum atomic E-state index is 4.50. The van der Waals surface area contributed by atoms with Gasteiger partial charge in [-0.05, 0) is 25.7 Å². The van der Waals surface area contributed by atoms with Gasteiger partial charge < -0.3 is 10.2 Å². The third-order valence-electron chi connectivity index (χ3n) is 3.10. The average molecular weight is 291 g/mol. The summed E-state index contributed by atoms with van der Waals surface area (Å²) in [4.78, 5) is 10.9. The number of nitrogens with one attached hydrogen (secondary N) is 1. The fourth-order valence-corrected chi connectivity index (χ4v) is 2.61. The van der Waals surface area contributed by atoms with E-state index in [1.165, 1.54) is 17.1 Å². The van der Waals surface area contributed by atoms with Crippen molar-refractivity contribution in [1.82, 2.24) is 19.2 Å². The van der Waals surface area contributed by atoms with Crippen LogP contribution in [0.5, 0.6) is 0 Å². The van der Waals surface area contributed by atoms with E-state index in [0.717, 1.165) is 17.5 Å². The number of anilines is 1. The Kier molecular flexibility index (Phi) is 5.03.